The highest BCUT2D eigenvalue weighted by atomic mass is 35.5. The van der Waals surface area contributed by atoms with E-state index in [1.165, 1.54) is 18.5 Å². The minimum Gasteiger partial charge on any atom is -0.378 e. The first kappa shape index (κ1) is 20.8. The number of benzene rings is 1. The summed E-state index contributed by atoms with van der Waals surface area (Å²) < 4.78 is 0. The van der Waals surface area contributed by atoms with Crippen molar-refractivity contribution in [2.75, 3.05) is 45.2 Å². The molecule has 0 aromatic heterocycles. The first-order valence-corrected chi connectivity index (χ1v) is 8.83. The minimum absolute atomic E-state index is 0. The van der Waals surface area contributed by atoms with Crippen LogP contribution in [-0.2, 0) is 11.2 Å². The van der Waals surface area contributed by atoms with E-state index in [-0.39, 0.29) is 18.3 Å². The topological polar surface area (TPSA) is 26.8 Å². The van der Waals surface area contributed by atoms with Gasteiger partial charge in [0.15, 0.2) is 0 Å². The summed E-state index contributed by atoms with van der Waals surface area (Å²) in [7, 11) is 4.05. The normalized spacial score (nSPS) is 15.3. The molecule has 0 unspecified atom stereocenters. The molecule has 0 aliphatic carbocycles. The van der Waals surface area contributed by atoms with Crippen LogP contribution >= 0.6 is 12.4 Å². The second-order valence-electron chi connectivity index (χ2n) is 6.62. The Bertz CT molecular complexity index is 492. The smallest absolute Gasteiger partial charge is 0.227 e. The Morgan fingerprint density at radius 1 is 1.04 bits per heavy atom. The number of amides is 1. The quantitative estimate of drug-likeness (QED) is 0.786. The number of carbonyl (C=O) groups excluding carboxylic acids is 1. The molecule has 4 nitrogen and oxygen atoms in total. The molecular weight excluding hydrogens is 322 g/mol. The lowest BCUT2D eigenvalue weighted by atomic mass is 10.1. The van der Waals surface area contributed by atoms with Gasteiger partial charge in [0.05, 0.1) is 6.42 Å². The molecule has 136 valence electrons. The van der Waals surface area contributed by atoms with Gasteiger partial charge in [-0.15, -0.1) is 12.4 Å². The van der Waals surface area contributed by atoms with Crippen molar-refractivity contribution in [2.24, 2.45) is 0 Å². The summed E-state index contributed by atoms with van der Waals surface area (Å²) >= 11 is 0. The van der Waals surface area contributed by atoms with Gasteiger partial charge in [-0.1, -0.05) is 26.0 Å². The van der Waals surface area contributed by atoms with Crippen LogP contribution in [0.15, 0.2) is 24.3 Å². The van der Waals surface area contributed by atoms with E-state index in [1.807, 2.05) is 19.0 Å². The van der Waals surface area contributed by atoms with Gasteiger partial charge in [0.25, 0.3) is 0 Å². The number of anilines is 1. The molecule has 1 aliphatic heterocycles. The highest BCUT2D eigenvalue weighted by Crippen LogP contribution is 2.15. The highest BCUT2D eigenvalue weighted by molar-refractivity contribution is 5.85. The first-order valence-electron chi connectivity index (χ1n) is 8.83. The standard InChI is InChI=1S/C19H31N3O.ClH/c1-5-17(6-2)21-11-13-22(14-12-21)19(23)15-16-7-9-18(10-8-16)20(3)4;/h7-10,17H,5-6,11-15H2,1-4H3;1H. The van der Waals surface area contributed by atoms with Gasteiger partial charge in [-0.25, -0.2) is 0 Å². The van der Waals surface area contributed by atoms with Crippen LogP contribution in [0.4, 0.5) is 5.69 Å². The van der Waals surface area contributed by atoms with Crippen molar-refractivity contribution in [3.05, 3.63) is 29.8 Å². The van der Waals surface area contributed by atoms with E-state index in [1.54, 1.807) is 0 Å². The van der Waals surface area contributed by atoms with Crippen molar-refractivity contribution in [3.8, 4) is 0 Å². The third kappa shape index (κ3) is 5.38. The zero-order valence-electron chi connectivity index (χ0n) is 15.5. The molecule has 5 heteroatoms. The summed E-state index contributed by atoms with van der Waals surface area (Å²) in [6, 6.07) is 8.95. The maximum Gasteiger partial charge on any atom is 0.227 e. The lowest BCUT2D eigenvalue weighted by Crippen LogP contribution is -2.52. The van der Waals surface area contributed by atoms with Gasteiger partial charge in [0, 0.05) is 52.0 Å². The molecule has 2 rings (SSSR count). The summed E-state index contributed by atoms with van der Waals surface area (Å²) in [5, 5.41) is 0. The Morgan fingerprint density at radius 2 is 1.58 bits per heavy atom. The molecule has 24 heavy (non-hydrogen) atoms. The van der Waals surface area contributed by atoms with Crippen LogP contribution in [0, 0.1) is 0 Å². The average molecular weight is 354 g/mol. The fourth-order valence-electron chi connectivity index (χ4n) is 3.34. The van der Waals surface area contributed by atoms with Crippen LogP contribution in [0.25, 0.3) is 0 Å². The molecule has 0 N–H and O–H groups in total. The summed E-state index contributed by atoms with van der Waals surface area (Å²) in [5.74, 6) is 0.256. The number of carbonyl (C=O) groups is 1. The summed E-state index contributed by atoms with van der Waals surface area (Å²) in [5.41, 5.74) is 2.27. The van der Waals surface area contributed by atoms with Crippen molar-refractivity contribution in [1.82, 2.24) is 9.80 Å². The van der Waals surface area contributed by atoms with Gasteiger partial charge in [-0.05, 0) is 30.5 Å². The molecule has 0 radical (unpaired) electrons. The predicted molar refractivity (Wildman–Crippen MR) is 104 cm³/mol. The van der Waals surface area contributed by atoms with Crippen LogP contribution in [-0.4, -0.2) is 62.0 Å². The van der Waals surface area contributed by atoms with Crippen LogP contribution in [0.1, 0.15) is 32.3 Å². The van der Waals surface area contributed by atoms with E-state index in [2.05, 4.69) is 47.9 Å². The summed E-state index contributed by atoms with van der Waals surface area (Å²) in [6.07, 6.45) is 2.91. The van der Waals surface area contributed by atoms with E-state index in [4.69, 9.17) is 0 Å². The Hall–Kier alpha value is -1.26. The average Bonchev–Trinajstić information content (AvgIpc) is 2.57. The number of halogens is 1. The predicted octanol–water partition coefficient (Wildman–Crippen LogP) is 3.05. The molecule has 1 aromatic rings. The number of hydrogen-bond acceptors (Lipinski definition) is 3. The van der Waals surface area contributed by atoms with E-state index >= 15 is 0 Å². The molecule has 0 spiro atoms. The van der Waals surface area contributed by atoms with Crippen molar-refractivity contribution < 1.29 is 4.79 Å². The van der Waals surface area contributed by atoms with Gasteiger partial charge >= 0.3 is 0 Å². The largest absolute Gasteiger partial charge is 0.378 e. The zero-order chi connectivity index (χ0) is 16.8. The Kier molecular flexibility index (Phi) is 8.57. The number of piperazine rings is 1. The molecule has 0 bridgehead atoms. The van der Waals surface area contributed by atoms with Crippen molar-refractivity contribution in [2.45, 2.75) is 39.2 Å². The van der Waals surface area contributed by atoms with Crippen LogP contribution < -0.4 is 4.90 Å². The number of nitrogens with zero attached hydrogens (tertiary/aromatic N) is 3. The van der Waals surface area contributed by atoms with E-state index in [9.17, 15) is 4.79 Å². The first-order chi connectivity index (χ1) is 11.0. The molecule has 1 fully saturated rings. The van der Waals surface area contributed by atoms with Crippen molar-refractivity contribution in [3.63, 3.8) is 0 Å². The molecule has 1 saturated heterocycles. The third-order valence-corrected chi connectivity index (χ3v) is 4.93. The van der Waals surface area contributed by atoms with Gasteiger partial charge in [-0.2, -0.15) is 0 Å². The number of rotatable bonds is 6. The van der Waals surface area contributed by atoms with Crippen LogP contribution in [0.5, 0.6) is 0 Å². The van der Waals surface area contributed by atoms with Gasteiger partial charge in [0.2, 0.25) is 5.91 Å². The molecule has 1 amide bonds. The van der Waals surface area contributed by atoms with Crippen LogP contribution in [0.3, 0.4) is 0 Å². The highest BCUT2D eigenvalue weighted by Gasteiger charge is 2.24. The molecule has 0 saturated carbocycles. The number of hydrogen-bond donors (Lipinski definition) is 0. The van der Waals surface area contributed by atoms with Gasteiger partial charge in [0.1, 0.15) is 0 Å². The maximum atomic E-state index is 12.5. The van der Waals surface area contributed by atoms with Crippen molar-refractivity contribution in [1.29, 1.82) is 0 Å². The SMILES string of the molecule is CCC(CC)N1CCN(C(=O)Cc2ccc(N(C)C)cc2)CC1.Cl. The lowest BCUT2D eigenvalue weighted by Gasteiger charge is -2.39. The maximum absolute atomic E-state index is 12.5. The molecule has 1 heterocycles. The zero-order valence-corrected chi connectivity index (χ0v) is 16.3. The summed E-state index contributed by atoms with van der Waals surface area (Å²) in [6.45, 7) is 8.26. The van der Waals surface area contributed by atoms with Crippen molar-refractivity contribution >= 4 is 24.0 Å². The Labute approximate surface area is 153 Å². The van der Waals surface area contributed by atoms with Crippen LogP contribution in [0.2, 0.25) is 0 Å². The fourth-order valence-corrected chi connectivity index (χ4v) is 3.34. The van der Waals surface area contributed by atoms with Gasteiger partial charge < -0.3 is 9.80 Å². The molecule has 0 atom stereocenters. The van der Waals surface area contributed by atoms with Gasteiger partial charge in [-0.3, -0.25) is 9.69 Å². The van der Waals surface area contributed by atoms with E-state index in [0.717, 1.165) is 31.7 Å². The fraction of sp³-hybridized carbons (Fsp3) is 0.632. The lowest BCUT2D eigenvalue weighted by molar-refractivity contribution is -0.132. The second kappa shape index (κ2) is 9.90. The van der Waals surface area contributed by atoms with E-state index in [0.29, 0.717) is 12.5 Å². The Balaban J connectivity index is 0.00000288. The monoisotopic (exact) mass is 353 g/mol. The second-order valence-corrected chi connectivity index (χ2v) is 6.62. The summed E-state index contributed by atoms with van der Waals surface area (Å²) in [4.78, 5) is 19.1. The molecule has 1 aliphatic rings. The van der Waals surface area contributed by atoms with E-state index < -0.39 is 0 Å². The molecule has 1 aromatic carbocycles. The third-order valence-electron chi connectivity index (χ3n) is 4.93. The molecular formula is C19H32ClN3O. The Morgan fingerprint density at radius 3 is 2.04 bits per heavy atom. The minimum atomic E-state index is 0.